The van der Waals surface area contributed by atoms with Gasteiger partial charge in [-0.05, 0) is 178 Å². The maximum atomic E-state index is 2.65. The Bertz CT molecular complexity index is 4330. The Morgan fingerprint density at radius 3 is 1.57 bits per heavy atom. The van der Waals surface area contributed by atoms with Crippen LogP contribution in [0.5, 0.6) is 0 Å². The highest BCUT2D eigenvalue weighted by molar-refractivity contribution is 7.33. The zero-order chi connectivity index (χ0) is 54.8. The Hall–Kier alpha value is -8.18. The molecule has 0 unspecified atom stereocenters. The van der Waals surface area contributed by atoms with Crippen LogP contribution >= 0.6 is 11.3 Å². The monoisotopic (exact) mass is 1050 g/mol. The molecule has 4 heteroatoms. The molecule has 11 aromatic rings. The van der Waals surface area contributed by atoms with Gasteiger partial charge in [-0.1, -0.05) is 220 Å². The molecule has 0 bridgehead atoms. The molecule has 3 heterocycles. The van der Waals surface area contributed by atoms with E-state index in [0.717, 1.165) is 5.69 Å². The lowest BCUT2D eigenvalue weighted by Gasteiger charge is -2.43. The summed E-state index contributed by atoms with van der Waals surface area (Å²) in [4.78, 5) is 5.22. The van der Waals surface area contributed by atoms with Crippen LogP contribution in [-0.2, 0) is 21.7 Å². The first-order chi connectivity index (χ1) is 38.5. The molecule has 10 aromatic carbocycles. The molecule has 80 heavy (non-hydrogen) atoms. The van der Waals surface area contributed by atoms with Gasteiger partial charge in [0, 0.05) is 43.3 Å². The smallest absolute Gasteiger partial charge is 0.264 e. The lowest BCUT2D eigenvalue weighted by molar-refractivity contribution is 0.588. The third-order valence-corrected chi connectivity index (χ3v) is 19.4. The van der Waals surface area contributed by atoms with E-state index in [4.69, 9.17) is 0 Å². The van der Waals surface area contributed by atoms with Gasteiger partial charge in [0.15, 0.2) is 0 Å². The minimum atomic E-state index is -0.472. The predicted molar refractivity (Wildman–Crippen MR) is 344 cm³/mol. The third-order valence-electron chi connectivity index (χ3n) is 18.2. The van der Waals surface area contributed by atoms with Gasteiger partial charge in [-0.25, -0.2) is 0 Å². The summed E-state index contributed by atoms with van der Waals surface area (Å²) in [7, 11) is 0. The minimum absolute atomic E-state index is 0.0111. The number of rotatable bonds is 4. The number of anilines is 6. The fraction of sp³-hybridized carbons (Fsp3) is 0.184. The van der Waals surface area contributed by atoms with Crippen LogP contribution < -0.4 is 25.5 Å². The number of nitrogens with zero attached hydrogens (tertiary/aromatic N) is 2. The summed E-state index contributed by atoms with van der Waals surface area (Å²) in [5, 5.41) is 1.30. The molecule has 2 nitrogen and oxygen atoms in total. The fourth-order valence-electron chi connectivity index (χ4n) is 14.2. The molecule has 0 saturated carbocycles. The van der Waals surface area contributed by atoms with Crippen LogP contribution in [0.25, 0.3) is 54.6 Å². The number of thiophene rings is 1. The van der Waals surface area contributed by atoms with Gasteiger partial charge >= 0.3 is 0 Å². The van der Waals surface area contributed by atoms with Gasteiger partial charge in [0.25, 0.3) is 6.71 Å². The number of benzene rings is 10. The average molecular weight is 1050 g/mol. The molecule has 1 spiro atoms. The molecule has 2 aliphatic heterocycles. The average Bonchev–Trinajstić information content (AvgIpc) is 3.69. The van der Waals surface area contributed by atoms with E-state index >= 15 is 0 Å². The maximum absolute atomic E-state index is 2.65. The van der Waals surface area contributed by atoms with E-state index in [1.54, 1.807) is 0 Å². The molecule has 0 radical (unpaired) electrons. The van der Waals surface area contributed by atoms with Gasteiger partial charge in [0.2, 0.25) is 0 Å². The summed E-state index contributed by atoms with van der Waals surface area (Å²) in [5.41, 5.74) is 30.5. The van der Waals surface area contributed by atoms with Crippen molar-refractivity contribution >= 4 is 78.0 Å². The van der Waals surface area contributed by atoms with Crippen molar-refractivity contribution in [3.8, 4) is 44.5 Å². The largest absolute Gasteiger partial charge is 0.311 e. The molecular formula is C76H65BN2S. The topological polar surface area (TPSA) is 6.48 Å². The fourth-order valence-corrected chi connectivity index (χ4v) is 15.6. The van der Waals surface area contributed by atoms with Crippen LogP contribution in [0.3, 0.4) is 0 Å². The molecule has 2 aliphatic carbocycles. The van der Waals surface area contributed by atoms with Crippen LogP contribution in [0, 0.1) is 6.92 Å². The summed E-state index contributed by atoms with van der Waals surface area (Å²) in [5.74, 6) is 0. The predicted octanol–water partition coefficient (Wildman–Crippen LogP) is 18.9. The van der Waals surface area contributed by atoms with Crippen molar-refractivity contribution in [3.63, 3.8) is 0 Å². The SMILES string of the molecule is Cc1cc2c3c(c1)N(c1ccc(C(C)(C)C)cc1)c1c(sc4cc5c(cc14)-c1ccc(C(C)(C)C)cc1C51c4ccccc4-c4ccccc41)B3c1ccc(-c3cc(C(C)(C)C)ccc3-c3ccccc3)cc1N2c1ccccc1. The van der Waals surface area contributed by atoms with Crippen LogP contribution in [0.4, 0.5) is 34.1 Å². The molecule has 0 amide bonds. The second kappa shape index (κ2) is 17.2. The summed E-state index contributed by atoms with van der Waals surface area (Å²) in [6.07, 6.45) is 0. The molecule has 0 atom stereocenters. The normalized spacial score (nSPS) is 14.4. The van der Waals surface area contributed by atoms with E-state index in [1.807, 2.05) is 11.3 Å². The number of hydrogen-bond donors (Lipinski definition) is 0. The van der Waals surface area contributed by atoms with E-state index < -0.39 is 5.41 Å². The van der Waals surface area contributed by atoms with Gasteiger partial charge in [0.1, 0.15) is 0 Å². The minimum Gasteiger partial charge on any atom is -0.311 e. The lowest BCUT2D eigenvalue weighted by atomic mass is 9.36. The van der Waals surface area contributed by atoms with Crippen molar-refractivity contribution in [2.24, 2.45) is 0 Å². The Balaban J connectivity index is 1.04. The number of para-hydroxylation sites is 1. The van der Waals surface area contributed by atoms with Crippen LogP contribution in [-0.4, -0.2) is 6.71 Å². The Kier molecular flexibility index (Phi) is 10.5. The van der Waals surface area contributed by atoms with Gasteiger partial charge in [0.05, 0.1) is 11.1 Å². The molecule has 4 aliphatic rings. The second-order valence-corrected chi connectivity index (χ2v) is 27.2. The summed E-state index contributed by atoms with van der Waals surface area (Å²) >= 11 is 2.01. The van der Waals surface area contributed by atoms with Crippen molar-refractivity contribution in [3.05, 3.63) is 257 Å². The van der Waals surface area contributed by atoms with E-state index in [-0.39, 0.29) is 23.0 Å². The summed E-state index contributed by atoms with van der Waals surface area (Å²) in [6, 6.07) is 82.2. The molecule has 0 saturated heterocycles. The number of hydrogen-bond acceptors (Lipinski definition) is 3. The van der Waals surface area contributed by atoms with Crippen LogP contribution in [0.15, 0.2) is 212 Å². The van der Waals surface area contributed by atoms with Gasteiger partial charge in [-0.3, -0.25) is 0 Å². The highest BCUT2D eigenvalue weighted by Gasteiger charge is 2.53. The zero-order valence-electron chi connectivity index (χ0n) is 47.6. The van der Waals surface area contributed by atoms with Crippen LogP contribution in [0.2, 0.25) is 0 Å². The van der Waals surface area contributed by atoms with Crippen molar-refractivity contribution in [2.45, 2.75) is 90.9 Å². The van der Waals surface area contributed by atoms with Gasteiger partial charge < -0.3 is 9.80 Å². The number of aryl methyl sites for hydroxylation is 1. The molecule has 15 rings (SSSR count). The van der Waals surface area contributed by atoms with E-state index in [1.165, 1.54) is 143 Å². The summed E-state index contributed by atoms with van der Waals surface area (Å²) in [6.45, 7) is 23.2. The lowest BCUT2D eigenvalue weighted by Crippen LogP contribution is -2.60. The highest BCUT2D eigenvalue weighted by Crippen LogP contribution is 2.64. The summed E-state index contributed by atoms with van der Waals surface area (Å²) < 4.78 is 2.70. The molecular weight excluding hydrogens is 984 g/mol. The molecule has 1 aromatic heterocycles. The number of fused-ring (bicyclic) bond motifs is 16. The van der Waals surface area contributed by atoms with Crippen molar-refractivity contribution in [1.82, 2.24) is 0 Å². The molecule has 0 fully saturated rings. The van der Waals surface area contributed by atoms with E-state index in [2.05, 4.69) is 291 Å². The first-order valence-electron chi connectivity index (χ1n) is 28.7. The Morgan fingerprint density at radius 1 is 0.388 bits per heavy atom. The van der Waals surface area contributed by atoms with Crippen molar-refractivity contribution < 1.29 is 0 Å². The third kappa shape index (κ3) is 7.04. The van der Waals surface area contributed by atoms with Gasteiger partial charge in [-0.2, -0.15) is 0 Å². The van der Waals surface area contributed by atoms with E-state index in [0.29, 0.717) is 0 Å². The van der Waals surface area contributed by atoms with Crippen LogP contribution in [0.1, 0.15) is 107 Å². The second-order valence-electron chi connectivity index (χ2n) is 26.2. The van der Waals surface area contributed by atoms with E-state index in [9.17, 15) is 0 Å². The Labute approximate surface area is 477 Å². The first-order valence-corrected chi connectivity index (χ1v) is 29.5. The van der Waals surface area contributed by atoms with Gasteiger partial charge in [-0.15, -0.1) is 11.3 Å². The quantitative estimate of drug-likeness (QED) is 0.162. The highest BCUT2D eigenvalue weighted by atomic mass is 32.1. The Morgan fingerprint density at radius 2 is 0.925 bits per heavy atom. The zero-order valence-corrected chi connectivity index (χ0v) is 48.4. The van der Waals surface area contributed by atoms with Crippen molar-refractivity contribution in [2.75, 3.05) is 9.80 Å². The molecule has 388 valence electrons. The van der Waals surface area contributed by atoms with Crippen molar-refractivity contribution in [1.29, 1.82) is 0 Å². The first kappa shape index (κ1) is 48.9. The maximum Gasteiger partial charge on any atom is 0.264 e. The standard InChI is InChI=1S/C76H65BN2S/c1-46-39-67-70-68(40-46)79(53-34-30-49(31-35-53)73(2,3)4)71-60-44-59-57-37-33-51(75(8,9)10)43-63(57)76(61-27-19-17-25-55(61)56-26-18-20-28-62(56)76)64(59)45-69(60)80-72(71)77(70)65-38-29-48(41-66(65)78(67)52-23-15-12-16-24-52)58-42-50(74(5,6)7)32-36-54(58)47-21-13-11-14-22-47/h11-45H,1-10H3. The molecule has 0 N–H and O–H groups in total.